The van der Waals surface area contributed by atoms with Gasteiger partial charge in [-0.15, -0.1) is 0 Å². The summed E-state index contributed by atoms with van der Waals surface area (Å²) < 4.78 is 7.27. The molecule has 1 aromatic rings. The number of rotatable bonds is 0. The third-order valence-electron chi connectivity index (χ3n) is 2.50. The van der Waals surface area contributed by atoms with Gasteiger partial charge in [0.15, 0.2) is 0 Å². The van der Waals surface area contributed by atoms with Crippen LogP contribution in [0.15, 0.2) is 6.20 Å². The molecule has 0 aliphatic carbocycles. The van der Waals surface area contributed by atoms with Crippen LogP contribution in [0.4, 0.5) is 4.79 Å². The van der Waals surface area contributed by atoms with Crippen molar-refractivity contribution in [1.82, 2.24) is 13.7 Å². The molecule has 0 radical (unpaired) electrons. The zero-order valence-corrected chi connectivity index (χ0v) is 12.1. The summed E-state index contributed by atoms with van der Waals surface area (Å²) in [6, 6.07) is 0. The molecular formula is C10H16AlN3O2. The van der Waals surface area contributed by atoms with Crippen molar-refractivity contribution in [2.45, 2.75) is 39.5 Å². The van der Waals surface area contributed by atoms with E-state index in [1.54, 1.807) is 4.90 Å². The van der Waals surface area contributed by atoms with Crippen molar-refractivity contribution in [1.29, 1.82) is 0 Å². The molecule has 0 saturated heterocycles. The molecule has 0 saturated carbocycles. The normalized spacial score (nSPS) is 15.1. The highest BCUT2D eigenvalue weighted by Crippen LogP contribution is 2.23. The molecule has 86 valence electrons. The van der Waals surface area contributed by atoms with Gasteiger partial charge in [-0.3, -0.25) is 4.90 Å². The molecule has 2 heterocycles. The minimum atomic E-state index is -0.432. The molecule has 0 unspecified atom stereocenters. The van der Waals surface area contributed by atoms with Gasteiger partial charge in [-0.1, -0.05) is 0 Å². The second-order valence-electron chi connectivity index (χ2n) is 5.08. The molecule has 16 heavy (non-hydrogen) atoms. The Morgan fingerprint density at radius 3 is 2.75 bits per heavy atom. The summed E-state index contributed by atoms with van der Waals surface area (Å²) in [7, 11) is 0. The van der Waals surface area contributed by atoms with Gasteiger partial charge in [0.2, 0.25) is 0 Å². The number of aromatic nitrogens is 2. The molecule has 0 fully saturated rings. The van der Waals surface area contributed by atoms with Crippen LogP contribution in [-0.4, -0.2) is 41.9 Å². The van der Waals surface area contributed by atoms with Gasteiger partial charge >= 0.3 is 22.6 Å². The second kappa shape index (κ2) is 3.79. The Morgan fingerprint density at radius 1 is 1.50 bits per heavy atom. The van der Waals surface area contributed by atoms with Crippen LogP contribution in [-0.2, 0) is 17.8 Å². The van der Waals surface area contributed by atoms with Gasteiger partial charge in [0, 0.05) is 11.3 Å². The third-order valence-corrected chi connectivity index (χ3v) is 3.27. The Bertz CT molecular complexity index is 422. The van der Waals surface area contributed by atoms with Gasteiger partial charge in [-0.25, -0.2) is 9.89 Å². The minimum absolute atomic E-state index is 0.245. The molecular weight excluding hydrogens is 221 g/mol. The predicted molar refractivity (Wildman–Crippen MR) is 61.7 cm³/mol. The first-order valence-electron chi connectivity index (χ1n) is 5.34. The molecule has 6 heteroatoms. The van der Waals surface area contributed by atoms with Crippen molar-refractivity contribution in [3.8, 4) is 0 Å². The van der Waals surface area contributed by atoms with Crippen molar-refractivity contribution in [2.24, 2.45) is 0 Å². The topological polar surface area (TPSA) is 47.4 Å². The fourth-order valence-electron chi connectivity index (χ4n) is 1.74. The van der Waals surface area contributed by atoms with Crippen LogP contribution in [0.1, 0.15) is 32.0 Å². The number of amides is 1. The molecule has 1 aliphatic rings. The fraction of sp³-hybridized carbons (Fsp3) is 0.600. The number of carbonyl (C=O) groups excluding carboxylic acids is 1. The number of hydrogen-bond donors (Lipinski definition) is 0. The Labute approximate surface area is 103 Å². The van der Waals surface area contributed by atoms with E-state index in [-0.39, 0.29) is 6.09 Å². The van der Waals surface area contributed by atoms with E-state index in [9.17, 15) is 4.79 Å². The van der Waals surface area contributed by atoms with E-state index in [4.69, 9.17) is 4.74 Å². The van der Waals surface area contributed by atoms with Crippen LogP contribution in [0.3, 0.4) is 0 Å². The van der Waals surface area contributed by atoms with E-state index in [1.165, 1.54) is 0 Å². The molecule has 0 atom stereocenters. The molecule has 0 N–H and O–H groups in total. The zero-order valence-electron chi connectivity index (χ0n) is 10.1. The van der Waals surface area contributed by atoms with Gasteiger partial charge < -0.3 is 8.40 Å². The van der Waals surface area contributed by atoms with Crippen LogP contribution in [0.2, 0.25) is 0 Å². The quantitative estimate of drug-likeness (QED) is 0.618. The van der Waals surface area contributed by atoms with Crippen LogP contribution >= 0.6 is 0 Å². The van der Waals surface area contributed by atoms with Crippen LogP contribution in [0.5, 0.6) is 0 Å². The summed E-state index contributed by atoms with van der Waals surface area (Å²) >= 11 is 0.852. The van der Waals surface area contributed by atoms with Crippen LogP contribution in [0, 0.1) is 0 Å². The number of fused-ring (bicyclic) bond motifs is 1. The molecule has 0 bridgehead atoms. The number of hydrogen-bond acceptors (Lipinski definition) is 3. The van der Waals surface area contributed by atoms with E-state index in [0.29, 0.717) is 13.1 Å². The molecule has 0 spiro atoms. The Hall–Kier alpha value is -0.988. The van der Waals surface area contributed by atoms with E-state index in [0.717, 1.165) is 27.8 Å². The first-order valence-corrected chi connectivity index (χ1v) is 6.24. The maximum atomic E-state index is 11.8. The average Bonchev–Trinajstić information content (AvgIpc) is 2.65. The summed E-state index contributed by atoms with van der Waals surface area (Å²) in [5.41, 5.74) is 1.86. The Kier molecular flexibility index (Phi) is 2.72. The number of ether oxygens (including phenoxy) is 1. The van der Waals surface area contributed by atoms with E-state index >= 15 is 0 Å². The van der Waals surface area contributed by atoms with Crippen molar-refractivity contribution in [3.05, 3.63) is 17.5 Å². The maximum Gasteiger partial charge on any atom is 0.410 e. The lowest BCUT2D eigenvalue weighted by Crippen LogP contribution is -2.33. The van der Waals surface area contributed by atoms with Gasteiger partial charge in [0.25, 0.3) is 0 Å². The monoisotopic (exact) mass is 237 g/mol. The van der Waals surface area contributed by atoms with Crippen molar-refractivity contribution < 1.29 is 9.53 Å². The zero-order chi connectivity index (χ0) is 11.9. The first-order chi connectivity index (χ1) is 7.37. The van der Waals surface area contributed by atoms with E-state index in [2.05, 4.69) is 5.10 Å². The number of nitrogens with zero attached hydrogens (tertiary/aromatic N) is 3. The summed E-state index contributed by atoms with van der Waals surface area (Å²) in [5, 5.41) is 4.21. The van der Waals surface area contributed by atoms with E-state index < -0.39 is 5.60 Å². The minimum Gasteiger partial charge on any atom is -0.444 e. The molecule has 1 amide bonds. The van der Waals surface area contributed by atoms with Crippen LogP contribution < -0.4 is 0 Å². The highest BCUT2D eigenvalue weighted by atomic mass is 27.1. The van der Waals surface area contributed by atoms with Gasteiger partial charge in [0.1, 0.15) is 5.60 Å². The molecule has 2 rings (SSSR count). The lowest BCUT2D eigenvalue weighted by molar-refractivity contribution is 0.0239. The fourth-order valence-corrected chi connectivity index (χ4v) is 2.29. The molecule has 1 aromatic heterocycles. The summed E-state index contributed by atoms with van der Waals surface area (Å²) in [6.07, 6.45) is 1.59. The van der Waals surface area contributed by atoms with Crippen molar-refractivity contribution in [3.63, 3.8) is 0 Å². The lowest BCUT2D eigenvalue weighted by atomic mass is 10.2. The summed E-state index contributed by atoms with van der Waals surface area (Å²) in [5.74, 6) is 0. The standard InChI is InChI=1S/C10H14N3O2.Al.2H/c1-10(2,3)15-9(14)13-5-7-4-11-12-8(7)6-13;;;/h4H,5-6H2,1-3H3;;;/q-1;+1;;. The lowest BCUT2D eigenvalue weighted by Gasteiger charge is -2.24. The van der Waals surface area contributed by atoms with Gasteiger partial charge in [-0.05, 0) is 20.8 Å². The SMILES string of the molecule is CC(C)(C)OC(=O)N1Cc2cn[n]([AlH2])c2C1. The maximum absolute atomic E-state index is 11.8. The van der Waals surface area contributed by atoms with Gasteiger partial charge in [0.05, 0.1) is 19.3 Å². The Morgan fingerprint density at radius 2 is 2.19 bits per heavy atom. The molecule has 5 nitrogen and oxygen atoms in total. The first kappa shape index (κ1) is 11.5. The van der Waals surface area contributed by atoms with Crippen molar-refractivity contribution in [2.75, 3.05) is 0 Å². The molecule has 1 aliphatic heterocycles. The third kappa shape index (κ3) is 2.23. The van der Waals surface area contributed by atoms with Crippen molar-refractivity contribution >= 4 is 22.6 Å². The highest BCUT2D eigenvalue weighted by molar-refractivity contribution is 6.06. The van der Waals surface area contributed by atoms with Gasteiger partial charge in [-0.2, -0.15) is 0 Å². The largest absolute Gasteiger partial charge is 0.444 e. The average molecular weight is 237 g/mol. The summed E-state index contributed by atoms with van der Waals surface area (Å²) in [4.78, 5) is 13.5. The smallest absolute Gasteiger partial charge is 0.410 e. The highest BCUT2D eigenvalue weighted by Gasteiger charge is 2.29. The summed E-state index contributed by atoms with van der Waals surface area (Å²) in [6.45, 7) is 6.87. The number of carbonyl (C=O) groups is 1. The van der Waals surface area contributed by atoms with E-state index in [1.807, 2.05) is 30.6 Å². The van der Waals surface area contributed by atoms with Crippen LogP contribution in [0.25, 0.3) is 0 Å². The Balaban J connectivity index is 2.04. The second-order valence-corrected chi connectivity index (χ2v) is 5.92. The molecule has 0 aromatic carbocycles. The predicted octanol–water partition coefficient (Wildman–Crippen LogP) is 0.530.